The van der Waals surface area contributed by atoms with E-state index in [1.165, 1.54) is 22.4 Å². The van der Waals surface area contributed by atoms with Crippen molar-refractivity contribution in [3.63, 3.8) is 0 Å². The molecule has 0 aliphatic carbocycles. The van der Waals surface area contributed by atoms with Crippen LogP contribution in [0.5, 0.6) is 0 Å². The van der Waals surface area contributed by atoms with Gasteiger partial charge in [0.25, 0.3) is 0 Å². The Labute approximate surface area is 123 Å². The molecule has 2 rings (SSSR count). The van der Waals surface area contributed by atoms with Crippen molar-refractivity contribution in [1.82, 2.24) is 0 Å². The molecule has 0 amide bonds. The Morgan fingerprint density at radius 3 is 2.15 bits per heavy atom. The topological polar surface area (TPSA) is 12.0 Å². The van der Waals surface area contributed by atoms with Crippen molar-refractivity contribution in [2.45, 2.75) is 46.1 Å². The smallest absolute Gasteiger partial charge is 0.0485 e. The number of nitrogens with one attached hydrogen (secondary N) is 1. The van der Waals surface area contributed by atoms with Gasteiger partial charge in [-0.15, -0.1) is 0 Å². The summed E-state index contributed by atoms with van der Waals surface area (Å²) < 4.78 is 0. The minimum Gasteiger partial charge on any atom is -0.379 e. The molecule has 1 heteroatoms. The van der Waals surface area contributed by atoms with E-state index in [-0.39, 0.29) is 0 Å². The highest BCUT2D eigenvalue weighted by molar-refractivity contribution is 5.47. The average molecular weight is 267 g/mol. The molecule has 0 fully saturated rings. The fourth-order valence-corrected chi connectivity index (χ4v) is 2.38. The fourth-order valence-electron chi connectivity index (χ4n) is 2.38. The molecule has 0 heterocycles. The molecule has 0 saturated carbocycles. The zero-order chi connectivity index (χ0) is 14.5. The molecule has 0 spiro atoms. The van der Waals surface area contributed by atoms with Gasteiger partial charge in [0.1, 0.15) is 0 Å². The lowest BCUT2D eigenvalue weighted by Gasteiger charge is -2.17. The first-order valence-electron chi connectivity index (χ1n) is 7.55. The van der Waals surface area contributed by atoms with Gasteiger partial charge in [0.2, 0.25) is 0 Å². The lowest BCUT2D eigenvalue weighted by Crippen LogP contribution is -2.07. The molecule has 0 radical (unpaired) electrons. The standard InChI is InChI=1S/C19H25N/c1-5-16-7-6-8-19(13-16)20-15(4)18-11-9-17(10-12-18)14(2)3/h6-15,20H,5H2,1-4H3. The van der Waals surface area contributed by atoms with Crippen molar-refractivity contribution in [3.05, 3.63) is 65.2 Å². The van der Waals surface area contributed by atoms with E-state index in [2.05, 4.69) is 81.5 Å². The van der Waals surface area contributed by atoms with E-state index in [4.69, 9.17) is 0 Å². The molecule has 2 aromatic carbocycles. The van der Waals surface area contributed by atoms with Crippen molar-refractivity contribution < 1.29 is 0 Å². The molecular formula is C19H25N. The highest BCUT2D eigenvalue weighted by Crippen LogP contribution is 2.22. The van der Waals surface area contributed by atoms with E-state index < -0.39 is 0 Å². The minimum atomic E-state index is 0.323. The Bertz CT molecular complexity index is 540. The quantitative estimate of drug-likeness (QED) is 0.749. The van der Waals surface area contributed by atoms with E-state index >= 15 is 0 Å². The molecule has 106 valence electrons. The predicted octanol–water partition coefficient (Wildman–Crippen LogP) is 5.55. The van der Waals surface area contributed by atoms with Gasteiger partial charge >= 0.3 is 0 Å². The van der Waals surface area contributed by atoms with Crippen LogP contribution < -0.4 is 5.32 Å². The van der Waals surface area contributed by atoms with E-state index in [1.54, 1.807) is 0 Å². The third-order valence-corrected chi connectivity index (χ3v) is 3.82. The molecular weight excluding hydrogens is 242 g/mol. The lowest BCUT2D eigenvalue weighted by molar-refractivity contribution is 0.852. The van der Waals surface area contributed by atoms with Crippen LogP contribution >= 0.6 is 0 Å². The van der Waals surface area contributed by atoms with Gasteiger partial charge in [-0.1, -0.05) is 57.2 Å². The summed E-state index contributed by atoms with van der Waals surface area (Å²) in [5.41, 5.74) is 5.30. The summed E-state index contributed by atoms with van der Waals surface area (Å²) in [6.07, 6.45) is 1.08. The van der Waals surface area contributed by atoms with Crippen LogP contribution in [0.25, 0.3) is 0 Å². The average Bonchev–Trinajstić information content (AvgIpc) is 2.47. The van der Waals surface area contributed by atoms with Gasteiger partial charge in [0, 0.05) is 11.7 Å². The first-order chi connectivity index (χ1) is 9.60. The number of hydrogen-bond donors (Lipinski definition) is 1. The van der Waals surface area contributed by atoms with Crippen LogP contribution in [-0.2, 0) is 6.42 Å². The minimum absolute atomic E-state index is 0.323. The maximum absolute atomic E-state index is 3.58. The molecule has 0 aliphatic heterocycles. The largest absolute Gasteiger partial charge is 0.379 e. The summed E-state index contributed by atoms with van der Waals surface area (Å²) in [6.45, 7) is 8.86. The van der Waals surface area contributed by atoms with Crippen LogP contribution in [-0.4, -0.2) is 0 Å². The summed E-state index contributed by atoms with van der Waals surface area (Å²) in [4.78, 5) is 0. The summed E-state index contributed by atoms with van der Waals surface area (Å²) in [6, 6.07) is 17.9. The van der Waals surface area contributed by atoms with Gasteiger partial charge < -0.3 is 5.32 Å². The fraction of sp³-hybridized carbons (Fsp3) is 0.368. The molecule has 2 aromatic rings. The Morgan fingerprint density at radius 1 is 0.900 bits per heavy atom. The van der Waals surface area contributed by atoms with Crippen LogP contribution in [0.2, 0.25) is 0 Å². The van der Waals surface area contributed by atoms with E-state index in [0.29, 0.717) is 12.0 Å². The van der Waals surface area contributed by atoms with Gasteiger partial charge in [-0.25, -0.2) is 0 Å². The van der Waals surface area contributed by atoms with Crippen molar-refractivity contribution in [2.24, 2.45) is 0 Å². The van der Waals surface area contributed by atoms with E-state index in [1.807, 2.05) is 0 Å². The summed E-state index contributed by atoms with van der Waals surface area (Å²) in [5, 5.41) is 3.58. The molecule has 0 aliphatic rings. The van der Waals surface area contributed by atoms with Crippen molar-refractivity contribution in [1.29, 1.82) is 0 Å². The number of aryl methyl sites for hydroxylation is 1. The monoisotopic (exact) mass is 267 g/mol. The van der Waals surface area contributed by atoms with E-state index in [9.17, 15) is 0 Å². The zero-order valence-electron chi connectivity index (χ0n) is 13.0. The van der Waals surface area contributed by atoms with Crippen LogP contribution in [0.1, 0.15) is 56.3 Å². The van der Waals surface area contributed by atoms with Crippen LogP contribution in [0.4, 0.5) is 5.69 Å². The highest BCUT2D eigenvalue weighted by Gasteiger charge is 2.06. The zero-order valence-corrected chi connectivity index (χ0v) is 13.0. The summed E-state index contributed by atoms with van der Waals surface area (Å²) in [5.74, 6) is 0.591. The maximum atomic E-state index is 3.58. The summed E-state index contributed by atoms with van der Waals surface area (Å²) >= 11 is 0. The second kappa shape index (κ2) is 6.60. The molecule has 1 unspecified atom stereocenters. The third-order valence-electron chi connectivity index (χ3n) is 3.82. The van der Waals surface area contributed by atoms with Crippen LogP contribution in [0.15, 0.2) is 48.5 Å². The molecule has 1 N–H and O–H groups in total. The van der Waals surface area contributed by atoms with Gasteiger partial charge in [0.15, 0.2) is 0 Å². The van der Waals surface area contributed by atoms with Crippen LogP contribution in [0, 0.1) is 0 Å². The maximum Gasteiger partial charge on any atom is 0.0485 e. The second-order valence-electron chi connectivity index (χ2n) is 5.74. The highest BCUT2D eigenvalue weighted by atomic mass is 14.9. The van der Waals surface area contributed by atoms with Crippen molar-refractivity contribution in [2.75, 3.05) is 5.32 Å². The SMILES string of the molecule is CCc1cccc(NC(C)c2ccc(C(C)C)cc2)c1. The third kappa shape index (κ3) is 3.63. The van der Waals surface area contributed by atoms with Gasteiger partial charge in [-0.2, -0.15) is 0 Å². The molecule has 1 nitrogen and oxygen atoms in total. The van der Waals surface area contributed by atoms with Gasteiger partial charge in [-0.05, 0) is 48.1 Å². The summed E-state index contributed by atoms with van der Waals surface area (Å²) in [7, 11) is 0. The van der Waals surface area contributed by atoms with Gasteiger partial charge in [-0.3, -0.25) is 0 Å². The first-order valence-corrected chi connectivity index (χ1v) is 7.55. The molecule has 0 saturated heterocycles. The second-order valence-corrected chi connectivity index (χ2v) is 5.74. The lowest BCUT2D eigenvalue weighted by atomic mass is 9.99. The van der Waals surface area contributed by atoms with E-state index in [0.717, 1.165) is 6.42 Å². The van der Waals surface area contributed by atoms with Crippen molar-refractivity contribution >= 4 is 5.69 Å². The van der Waals surface area contributed by atoms with Crippen molar-refractivity contribution in [3.8, 4) is 0 Å². The Balaban J connectivity index is 2.08. The Hall–Kier alpha value is -1.76. The first kappa shape index (κ1) is 14.6. The van der Waals surface area contributed by atoms with Crippen LogP contribution in [0.3, 0.4) is 0 Å². The number of rotatable bonds is 5. The molecule has 0 bridgehead atoms. The number of anilines is 1. The molecule has 20 heavy (non-hydrogen) atoms. The Morgan fingerprint density at radius 2 is 1.55 bits per heavy atom. The molecule has 1 atom stereocenters. The Kier molecular flexibility index (Phi) is 4.84. The van der Waals surface area contributed by atoms with Gasteiger partial charge in [0.05, 0.1) is 0 Å². The normalized spacial score (nSPS) is 12.4. The number of benzene rings is 2. The predicted molar refractivity (Wildman–Crippen MR) is 88.4 cm³/mol. The molecule has 0 aromatic heterocycles. The number of hydrogen-bond acceptors (Lipinski definition) is 1.